The van der Waals surface area contributed by atoms with Crippen LogP contribution in [0.15, 0.2) is 30.3 Å². The highest BCUT2D eigenvalue weighted by molar-refractivity contribution is 5.25. The molecule has 1 aromatic carbocycles. The standard InChI is InChI=1S/C14H22N2O/c1-14(10-15,11-5-3-2-4-6-11)9-13(17)12-7-8-16-12/h2-6,12-13,16-17H,7-10,15H2,1H3/t12-,13+,14?/m0/s1. The van der Waals surface area contributed by atoms with Gasteiger partial charge in [-0.05, 0) is 24.9 Å². The second-order valence-corrected chi connectivity index (χ2v) is 5.25. The first-order chi connectivity index (χ1) is 8.15. The zero-order valence-corrected chi connectivity index (χ0v) is 10.4. The van der Waals surface area contributed by atoms with E-state index in [0.29, 0.717) is 13.0 Å². The van der Waals surface area contributed by atoms with Crippen molar-refractivity contribution in [2.24, 2.45) is 5.73 Å². The summed E-state index contributed by atoms with van der Waals surface area (Å²) in [5.74, 6) is 0. The first kappa shape index (κ1) is 12.6. The predicted molar refractivity (Wildman–Crippen MR) is 69.9 cm³/mol. The Labute approximate surface area is 103 Å². The molecule has 0 spiro atoms. The van der Waals surface area contributed by atoms with Crippen LogP contribution in [0.4, 0.5) is 0 Å². The van der Waals surface area contributed by atoms with E-state index in [4.69, 9.17) is 5.73 Å². The maximum Gasteiger partial charge on any atom is 0.0702 e. The summed E-state index contributed by atoms with van der Waals surface area (Å²) in [4.78, 5) is 0. The summed E-state index contributed by atoms with van der Waals surface area (Å²) in [5, 5.41) is 13.4. The van der Waals surface area contributed by atoms with E-state index < -0.39 is 0 Å². The Morgan fingerprint density at radius 3 is 2.59 bits per heavy atom. The summed E-state index contributed by atoms with van der Waals surface area (Å²) in [5.41, 5.74) is 6.98. The minimum atomic E-state index is -0.308. The fourth-order valence-electron chi connectivity index (χ4n) is 2.40. The van der Waals surface area contributed by atoms with Gasteiger partial charge < -0.3 is 16.2 Å². The quantitative estimate of drug-likeness (QED) is 0.713. The molecule has 0 aromatic heterocycles. The molecule has 0 saturated carbocycles. The van der Waals surface area contributed by atoms with Gasteiger partial charge in [0.2, 0.25) is 0 Å². The monoisotopic (exact) mass is 234 g/mol. The molecule has 1 aliphatic heterocycles. The van der Waals surface area contributed by atoms with Gasteiger partial charge in [-0.25, -0.2) is 0 Å². The Hall–Kier alpha value is -0.900. The summed E-state index contributed by atoms with van der Waals surface area (Å²) < 4.78 is 0. The number of hydrogen-bond donors (Lipinski definition) is 3. The summed E-state index contributed by atoms with van der Waals surface area (Å²) in [6.07, 6.45) is 1.47. The average molecular weight is 234 g/mol. The Balaban J connectivity index is 2.08. The third-order valence-electron chi connectivity index (χ3n) is 3.91. The Kier molecular flexibility index (Phi) is 3.82. The van der Waals surface area contributed by atoms with E-state index in [1.165, 1.54) is 5.56 Å². The summed E-state index contributed by atoms with van der Waals surface area (Å²) in [7, 11) is 0. The first-order valence-corrected chi connectivity index (χ1v) is 6.33. The lowest BCUT2D eigenvalue weighted by Gasteiger charge is -2.38. The molecule has 0 aliphatic carbocycles. The van der Waals surface area contributed by atoms with Crippen LogP contribution in [0.2, 0.25) is 0 Å². The van der Waals surface area contributed by atoms with Crippen LogP contribution in [0.25, 0.3) is 0 Å². The van der Waals surface area contributed by atoms with E-state index in [9.17, 15) is 5.11 Å². The van der Waals surface area contributed by atoms with Crippen molar-refractivity contribution in [2.45, 2.75) is 37.3 Å². The maximum absolute atomic E-state index is 10.2. The minimum absolute atomic E-state index is 0.141. The molecule has 1 unspecified atom stereocenters. The van der Waals surface area contributed by atoms with Crippen LogP contribution in [0.1, 0.15) is 25.3 Å². The molecular weight excluding hydrogens is 212 g/mol. The smallest absolute Gasteiger partial charge is 0.0702 e. The lowest BCUT2D eigenvalue weighted by molar-refractivity contribution is 0.0685. The lowest BCUT2D eigenvalue weighted by atomic mass is 9.76. The number of nitrogens with two attached hydrogens (primary N) is 1. The molecule has 17 heavy (non-hydrogen) atoms. The van der Waals surface area contributed by atoms with Gasteiger partial charge in [0.25, 0.3) is 0 Å². The van der Waals surface area contributed by atoms with Crippen molar-refractivity contribution < 1.29 is 5.11 Å². The van der Waals surface area contributed by atoms with Crippen molar-refractivity contribution in [1.29, 1.82) is 0 Å². The summed E-state index contributed by atoms with van der Waals surface area (Å²) >= 11 is 0. The molecule has 0 radical (unpaired) electrons. The molecule has 1 heterocycles. The molecule has 0 amide bonds. The summed E-state index contributed by atoms with van der Waals surface area (Å²) in [6, 6.07) is 10.5. The number of hydrogen-bond acceptors (Lipinski definition) is 3. The number of aliphatic hydroxyl groups excluding tert-OH is 1. The largest absolute Gasteiger partial charge is 0.391 e. The Morgan fingerprint density at radius 2 is 2.12 bits per heavy atom. The number of nitrogens with one attached hydrogen (secondary N) is 1. The van der Waals surface area contributed by atoms with Crippen molar-refractivity contribution in [3.05, 3.63) is 35.9 Å². The van der Waals surface area contributed by atoms with Crippen LogP contribution in [0, 0.1) is 0 Å². The highest BCUT2D eigenvalue weighted by Crippen LogP contribution is 2.29. The van der Waals surface area contributed by atoms with Gasteiger partial charge in [-0.2, -0.15) is 0 Å². The highest BCUT2D eigenvalue weighted by Gasteiger charge is 2.33. The lowest BCUT2D eigenvalue weighted by Crippen LogP contribution is -2.53. The molecule has 1 aromatic rings. The van der Waals surface area contributed by atoms with Gasteiger partial charge in [-0.15, -0.1) is 0 Å². The minimum Gasteiger partial charge on any atom is -0.391 e. The van der Waals surface area contributed by atoms with Crippen LogP contribution in [-0.4, -0.2) is 30.3 Å². The molecule has 3 atom stereocenters. The average Bonchev–Trinajstić information content (AvgIpc) is 2.27. The Morgan fingerprint density at radius 1 is 1.47 bits per heavy atom. The van der Waals surface area contributed by atoms with Crippen molar-refractivity contribution in [3.8, 4) is 0 Å². The molecule has 94 valence electrons. The zero-order valence-electron chi connectivity index (χ0n) is 10.4. The second kappa shape index (κ2) is 5.17. The molecule has 3 nitrogen and oxygen atoms in total. The van der Waals surface area contributed by atoms with Gasteiger partial charge in [0.15, 0.2) is 0 Å². The molecule has 2 rings (SSSR count). The van der Waals surface area contributed by atoms with Crippen molar-refractivity contribution in [2.75, 3.05) is 13.1 Å². The predicted octanol–water partition coefficient (Wildman–Crippen LogP) is 1.02. The highest BCUT2D eigenvalue weighted by atomic mass is 16.3. The normalized spacial score (nSPS) is 24.8. The molecule has 4 N–H and O–H groups in total. The van der Waals surface area contributed by atoms with Crippen LogP contribution < -0.4 is 11.1 Å². The first-order valence-electron chi connectivity index (χ1n) is 6.33. The molecule has 1 saturated heterocycles. The van der Waals surface area contributed by atoms with Crippen molar-refractivity contribution in [3.63, 3.8) is 0 Å². The second-order valence-electron chi connectivity index (χ2n) is 5.25. The third kappa shape index (κ3) is 2.68. The van der Waals surface area contributed by atoms with E-state index in [1.54, 1.807) is 0 Å². The zero-order chi connectivity index (χ0) is 12.3. The van der Waals surface area contributed by atoms with Gasteiger partial charge in [0, 0.05) is 18.0 Å². The number of rotatable bonds is 5. The SMILES string of the molecule is CC(CN)(C[C@@H](O)[C@@H]1CCN1)c1ccccc1. The van der Waals surface area contributed by atoms with Crippen LogP contribution >= 0.6 is 0 Å². The van der Waals surface area contributed by atoms with Gasteiger partial charge in [-0.1, -0.05) is 37.3 Å². The van der Waals surface area contributed by atoms with E-state index in [1.807, 2.05) is 18.2 Å². The van der Waals surface area contributed by atoms with Gasteiger partial charge in [0.05, 0.1) is 6.10 Å². The van der Waals surface area contributed by atoms with Gasteiger partial charge in [-0.3, -0.25) is 0 Å². The Bertz CT molecular complexity index is 350. The molecule has 3 heteroatoms. The molecule has 0 bridgehead atoms. The van der Waals surface area contributed by atoms with Gasteiger partial charge in [0.1, 0.15) is 0 Å². The maximum atomic E-state index is 10.2. The number of aliphatic hydroxyl groups is 1. The van der Waals surface area contributed by atoms with Crippen molar-refractivity contribution in [1.82, 2.24) is 5.32 Å². The topological polar surface area (TPSA) is 58.3 Å². The van der Waals surface area contributed by atoms with Crippen molar-refractivity contribution >= 4 is 0 Å². The van der Waals surface area contributed by atoms with E-state index in [2.05, 4.69) is 24.4 Å². The molecule has 1 fully saturated rings. The van der Waals surface area contributed by atoms with Crippen LogP contribution in [0.5, 0.6) is 0 Å². The fraction of sp³-hybridized carbons (Fsp3) is 0.571. The van der Waals surface area contributed by atoms with Crippen LogP contribution in [-0.2, 0) is 5.41 Å². The van der Waals surface area contributed by atoms with E-state index >= 15 is 0 Å². The summed E-state index contributed by atoms with van der Waals surface area (Å²) in [6.45, 7) is 3.71. The van der Waals surface area contributed by atoms with Crippen LogP contribution in [0.3, 0.4) is 0 Å². The molecule has 1 aliphatic rings. The number of benzene rings is 1. The van der Waals surface area contributed by atoms with Gasteiger partial charge >= 0.3 is 0 Å². The fourth-order valence-corrected chi connectivity index (χ4v) is 2.40. The molecular formula is C14H22N2O. The van der Waals surface area contributed by atoms with E-state index in [-0.39, 0.29) is 17.6 Å². The third-order valence-corrected chi connectivity index (χ3v) is 3.91. The van der Waals surface area contributed by atoms with E-state index in [0.717, 1.165) is 13.0 Å².